The van der Waals surface area contributed by atoms with Crippen molar-refractivity contribution < 1.29 is 24.0 Å². The Labute approximate surface area is 125 Å². The molecule has 0 heterocycles. The van der Waals surface area contributed by atoms with Crippen LogP contribution in [0.3, 0.4) is 0 Å². The molecule has 1 rings (SSSR count). The lowest BCUT2D eigenvalue weighted by atomic mass is 10.1. The van der Waals surface area contributed by atoms with Crippen LogP contribution in [0.5, 0.6) is 0 Å². The molecule has 7 nitrogen and oxygen atoms in total. The van der Waals surface area contributed by atoms with Gasteiger partial charge in [0.25, 0.3) is 11.6 Å². The summed E-state index contributed by atoms with van der Waals surface area (Å²) in [5.41, 5.74) is -1.08. The minimum Gasteiger partial charge on any atom is -0.480 e. The zero-order valence-corrected chi connectivity index (χ0v) is 11.8. The van der Waals surface area contributed by atoms with Crippen molar-refractivity contribution in [3.8, 4) is 0 Å². The van der Waals surface area contributed by atoms with Crippen LogP contribution in [0.15, 0.2) is 24.8 Å². The van der Waals surface area contributed by atoms with Crippen molar-refractivity contribution in [2.45, 2.75) is 25.8 Å². The van der Waals surface area contributed by atoms with Gasteiger partial charge in [-0.05, 0) is 31.9 Å². The number of aryl methyl sites for hydroxylation is 1. The van der Waals surface area contributed by atoms with Crippen LogP contribution in [0, 0.1) is 22.9 Å². The maximum atomic E-state index is 13.4. The normalized spacial score (nSPS) is 11.5. The van der Waals surface area contributed by atoms with Gasteiger partial charge in [0.15, 0.2) is 0 Å². The molecule has 1 aromatic rings. The number of halogens is 1. The monoisotopic (exact) mass is 310 g/mol. The molecule has 1 aromatic carbocycles. The molecule has 0 radical (unpaired) electrons. The van der Waals surface area contributed by atoms with Crippen LogP contribution in [0.25, 0.3) is 0 Å². The molecule has 8 heteroatoms. The lowest BCUT2D eigenvalue weighted by molar-refractivity contribution is -0.385. The predicted octanol–water partition coefficient (Wildman–Crippen LogP) is 2.19. The van der Waals surface area contributed by atoms with E-state index in [-0.39, 0.29) is 12.0 Å². The fourth-order valence-corrected chi connectivity index (χ4v) is 1.93. The van der Waals surface area contributed by atoms with Crippen LogP contribution >= 0.6 is 0 Å². The molecule has 0 aliphatic heterocycles. The first-order chi connectivity index (χ1) is 10.3. The lowest BCUT2D eigenvalue weighted by Gasteiger charge is -2.14. The minimum absolute atomic E-state index is 0.0203. The van der Waals surface area contributed by atoms with E-state index in [1.807, 2.05) is 0 Å². The highest BCUT2D eigenvalue weighted by Crippen LogP contribution is 2.24. The van der Waals surface area contributed by atoms with Crippen LogP contribution in [0.1, 0.15) is 28.8 Å². The number of allylic oxidation sites excluding steroid dienone is 1. The second-order valence-electron chi connectivity index (χ2n) is 4.61. The van der Waals surface area contributed by atoms with Gasteiger partial charge < -0.3 is 10.4 Å². The summed E-state index contributed by atoms with van der Waals surface area (Å²) in [6.07, 6.45) is 1.89. The third-order valence-electron chi connectivity index (χ3n) is 2.96. The fourth-order valence-electron chi connectivity index (χ4n) is 1.93. The molecule has 0 fully saturated rings. The first-order valence-corrected chi connectivity index (χ1v) is 6.37. The number of benzene rings is 1. The number of carboxylic acid groups (broad SMARTS) is 1. The number of nitrogens with zero attached hydrogens (tertiary/aromatic N) is 1. The summed E-state index contributed by atoms with van der Waals surface area (Å²) in [5, 5.41) is 22.2. The molecule has 0 spiro atoms. The zero-order valence-electron chi connectivity index (χ0n) is 11.8. The van der Waals surface area contributed by atoms with Crippen molar-refractivity contribution in [2.75, 3.05) is 0 Å². The molecule has 2 N–H and O–H groups in total. The Morgan fingerprint density at radius 2 is 2.18 bits per heavy atom. The molecular formula is C14H15FN2O5. The van der Waals surface area contributed by atoms with Gasteiger partial charge in [-0.2, -0.15) is 0 Å². The molecule has 1 amide bonds. The van der Waals surface area contributed by atoms with Crippen molar-refractivity contribution in [2.24, 2.45) is 0 Å². The molecule has 0 saturated heterocycles. The highest BCUT2D eigenvalue weighted by atomic mass is 19.1. The standard InChI is InChI=1S/C14H15FN2O5/c1-3-4-5-11(14(19)20)16-13(18)10-7-9(15)6-8(2)12(10)17(21)22/h3,6-7,11H,1,4-5H2,2H3,(H,16,18)(H,19,20). The number of nitro benzene ring substituents is 1. The number of carbonyl (C=O) groups excluding carboxylic acids is 1. The highest BCUT2D eigenvalue weighted by Gasteiger charge is 2.27. The van der Waals surface area contributed by atoms with Crippen LogP contribution in [0.2, 0.25) is 0 Å². The molecule has 1 atom stereocenters. The second kappa shape index (κ2) is 7.30. The van der Waals surface area contributed by atoms with E-state index in [1.165, 1.54) is 13.0 Å². The maximum Gasteiger partial charge on any atom is 0.326 e. The largest absolute Gasteiger partial charge is 0.480 e. The second-order valence-corrected chi connectivity index (χ2v) is 4.61. The Morgan fingerprint density at radius 3 is 2.68 bits per heavy atom. The molecular weight excluding hydrogens is 295 g/mol. The summed E-state index contributed by atoms with van der Waals surface area (Å²) in [5.74, 6) is -3.11. The molecule has 0 aliphatic rings. The summed E-state index contributed by atoms with van der Waals surface area (Å²) in [4.78, 5) is 33.4. The molecule has 118 valence electrons. The molecule has 0 saturated carbocycles. The number of hydrogen-bond donors (Lipinski definition) is 2. The number of rotatable bonds is 7. The fraction of sp³-hybridized carbons (Fsp3) is 0.286. The number of nitrogens with one attached hydrogen (secondary N) is 1. The molecule has 0 aliphatic carbocycles. The van der Waals surface area contributed by atoms with E-state index in [0.29, 0.717) is 12.5 Å². The van der Waals surface area contributed by atoms with Crippen molar-refractivity contribution in [1.29, 1.82) is 0 Å². The Kier molecular flexibility index (Phi) is 5.73. The quantitative estimate of drug-likeness (QED) is 0.456. The van der Waals surface area contributed by atoms with Gasteiger partial charge in [0.1, 0.15) is 17.4 Å². The number of hydrogen-bond acceptors (Lipinski definition) is 4. The van der Waals surface area contributed by atoms with Gasteiger partial charge in [0.2, 0.25) is 0 Å². The Hall–Kier alpha value is -2.77. The zero-order chi connectivity index (χ0) is 16.9. The van der Waals surface area contributed by atoms with Crippen molar-refractivity contribution in [3.05, 3.63) is 51.8 Å². The molecule has 22 heavy (non-hydrogen) atoms. The third kappa shape index (κ3) is 4.11. The lowest BCUT2D eigenvalue weighted by Crippen LogP contribution is -2.41. The van der Waals surface area contributed by atoms with E-state index in [0.717, 1.165) is 6.07 Å². The topological polar surface area (TPSA) is 110 Å². The predicted molar refractivity (Wildman–Crippen MR) is 76.1 cm³/mol. The Bertz CT molecular complexity index is 630. The number of nitro groups is 1. The average Bonchev–Trinajstić information content (AvgIpc) is 2.41. The van der Waals surface area contributed by atoms with E-state index in [1.54, 1.807) is 0 Å². The smallest absolute Gasteiger partial charge is 0.326 e. The van der Waals surface area contributed by atoms with E-state index >= 15 is 0 Å². The maximum absolute atomic E-state index is 13.4. The van der Waals surface area contributed by atoms with E-state index < -0.39 is 39.9 Å². The van der Waals surface area contributed by atoms with Gasteiger partial charge in [-0.25, -0.2) is 9.18 Å². The van der Waals surface area contributed by atoms with Crippen molar-refractivity contribution in [3.63, 3.8) is 0 Å². The number of carbonyl (C=O) groups is 2. The highest BCUT2D eigenvalue weighted by molar-refractivity contribution is 6.00. The minimum atomic E-state index is -1.29. The van der Waals surface area contributed by atoms with Crippen LogP contribution in [-0.2, 0) is 4.79 Å². The Balaban J connectivity index is 3.13. The number of carboxylic acids is 1. The van der Waals surface area contributed by atoms with Crippen molar-refractivity contribution >= 4 is 17.6 Å². The third-order valence-corrected chi connectivity index (χ3v) is 2.96. The summed E-state index contributed by atoms with van der Waals surface area (Å²) in [7, 11) is 0. The molecule has 0 bridgehead atoms. The number of aliphatic carboxylic acids is 1. The van der Waals surface area contributed by atoms with Gasteiger partial charge >= 0.3 is 5.97 Å². The van der Waals surface area contributed by atoms with Gasteiger partial charge in [-0.1, -0.05) is 6.08 Å². The Morgan fingerprint density at radius 1 is 1.55 bits per heavy atom. The van der Waals surface area contributed by atoms with Gasteiger partial charge in [0.05, 0.1) is 4.92 Å². The summed E-state index contributed by atoms with van der Waals surface area (Å²) in [6.45, 7) is 4.74. The van der Waals surface area contributed by atoms with Gasteiger partial charge in [-0.3, -0.25) is 14.9 Å². The van der Waals surface area contributed by atoms with Crippen molar-refractivity contribution in [1.82, 2.24) is 5.32 Å². The van der Waals surface area contributed by atoms with Crippen LogP contribution in [0.4, 0.5) is 10.1 Å². The first-order valence-electron chi connectivity index (χ1n) is 6.37. The summed E-state index contributed by atoms with van der Waals surface area (Å²) in [6, 6.07) is 0.405. The summed E-state index contributed by atoms with van der Waals surface area (Å²) < 4.78 is 13.4. The van der Waals surface area contributed by atoms with Crippen LogP contribution < -0.4 is 5.32 Å². The SMILES string of the molecule is C=CCCC(NC(=O)c1cc(F)cc(C)c1[N+](=O)[O-])C(=O)O. The van der Waals surface area contributed by atoms with Crippen LogP contribution in [-0.4, -0.2) is 27.9 Å². The number of amides is 1. The van der Waals surface area contributed by atoms with Gasteiger partial charge in [-0.15, -0.1) is 6.58 Å². The molecule has 0 aromatic heterocycles. The van der Waals surface area contributed by atoms with E-state index in [4.69, 9.17) is 5.11 Å². The first kappa shape index (κ1) is 17.3. The average molecular weight is 310 g/mol. The molecule has 1 unspecified atom stereocenters. The summed E-state index contributed by atoms with van der Waals surface area (Å²) >= 11 is 0. The van der Waals surface area contributed by atoms with E-state index in [2.05, 4.69) is 11.9 Å². The van der Waals surface area contributed by atoms with Gasteiger partial charge in [0, 0.05) is 5.56 Å². The van der Waals surface area contributed by atoms with E-state index in [9.17, 15) is 24.1 Å².